The Morgan fingerprint density at radius 3 is 2.65 bits per heavy atom. The summed E-state index contributed by atoms with van der Waals surface area (Å²) in [6, 6.07) is 8.08. The predicted molar refractivity (Wildman–Crippen MR) is 86.0 cm³/mol. The van der Waals surface area contributed by atoms with Gasteiger partial charge >= 0.3 is 0 Å². The van der Waals surface area contributed by atoms with Crippen LogP contribution in [0.25, 0.3) is 10.8 Å². The van der Waals surface area contributed by atoms with Crippen molar-refractivity contribution in [2.24, 2.45) is 5.92 Å². The first-order chi connectivity index (χ1) is 9.39. The molecule has 0 amide bonds. The molecule has 1 aliphatic carbocycles. The van der Waals surface area contributed by atoms with Crippen LogP contribution in [0.4, 0.5) is 0 Å². The van der Waals surface area contributed by atoms with Crippen molar-refractivity contribution in [1.29, 1.82) is 0 Å². The van der Waals surface area contributed by atoms with Crippen LogP contribution in [-0.4, -0.2) is 11.0 Å². The second kappa shape index (κ2) is 4.39. The summed E-state index contributed by atoms with van der Waals surface area (Å²) in [5, 5.41) is 12.6. The van der Waals surface area contributed by atoms with Crippen molar-refractivity contribution >= 4 is 22.4 Å². The van der Waals surface area contributed by atoms with Gasteiger partial charge in [-0.05, 0) is 46.4 Å². The molecule has 2 aromatic rings. The number of fused-ring (bicyclic) bond motifs is 3. The van der Waals surface area contributed by atoms with E-state index >= 15 is 0 Å². The van der Waals surface area contributed by atoms with Gasteiger partial charge < -0.3 is 5.11 Å². The minimum absolute atomic E-state index is 0.0445. The number of hydrogen-bond acceptors (Lipinski definition) is 1. The van der Waals surface area contributed by atoms with E-state index in [-0.39, 0.29) is 5.41 Å². The zero-order valence-corrected chi connectivity index (χ0v) is 13.3. The number of alkyl halides is 1. The number of aromatic hydroxyl groups is 1. The van der Waals surface area contributed by atoms with Crippen LogP contribution in [-0.2, 0) is 5.41 Å². The highest BCUT2D eigenvalue weighted by Crippen LogP contribution is 2.54. The lowest BCUT2D eigenvalue weighted by Crippen LogP contribution is -2.23. The van der Waals surface area contributed by atoms with Gasteiger partial charge in [0.15, 0.2) is 0 Å². The summed E-state index contributed by atoms with van der Waals surface area (Å²) in [4.78, 5) is 0. The molecule has 0 fully saturated rings. The average Bonchev–Trinajstić information content (AvgIpc) is 2.59. The molecule has 1 aliphatic rings. The van der Waals surface area contributed by atoms with Gasteiger partial charge in [0.05, 0.1) is 0 Å². The van der Waals surface area contributed by atoms with E-state index < -0.39 is 0 Å². The maximum absolute atomic E-state index is 10.4. The van der Waals surface area contributed by atoms with Crippen LogP contribution >= 0.6 is 11.6 Å². The summed E-state index contributed by atoms with van der Waals surface area (Å²) >= 11 is 6.29. The molecule has 0 radical (unpaired) electrons. The third kappa shape index (κ3) is 1.62. The molecular weight excluding hydrogens is 268 g/mol. The van der Waals surface area contributed by atoms with Crippen molar-refractivity contribution in [1.82, 2.24) is 0 Å². The molecule has 2 heteroatoms. The molecule has 3 rings (SSSR count). The first-order valence-electron chi connectivity index (χ1n) is 7.21. The van der Waals surface area contributed by atoms with Gasteiger partial charge in [0, 0.05) is 17.2 Å². The third-order valence-corrected chi connectivity index (χ3v) is 5.69. The van der Waals surface area contributed by atoms with E-state index in [2.05, 4.69) is 33.8 Å². The van der Waals surface area contributed by atoms with Crippen LogP contribution in [0.2, 0.25) is 0 Å². The average molecular weight is 289 g/mol. The fourth-order valence-electron chi connectivity index (χ4n) is 3.79. The molecule has 0 saturated heterocycles. The van der Waals surface area contributed by atoms with Gasteiger partial charge in [-0.1, -0.05) is 39.0 Å². The van der Waals surface area contributed by atoms with Crippen molar-refractivity contribution in [3.8, 4) is 5.75 Å². The van der Waals surface area contributed by atoms with Crippen molar-refractivity contribution < 1.29 is 5.11 Å². The molecule has 0 heterocycles. The van der Waals surface area contributed by atoms with Gasteiger partial charge in [0.1, 0.15) is 5.75 Å². The van der Waals surface area contributed by atoms with E-state index in [1.165, 1.54) is 22.1 Å². The van der Waals surface area contributed by atoms with Crippen LogP contribution in [0.15, 0.2) is 24.3 Å². The molecule has 0 saturated carbocycles. The Morgan fingerprint density at radius 2 is 2.00 bits per heavy atom. The number of phenolic OH excluding ortho intramolecular Hbond substituents is 1. The quantitative estimate of drug-likeness (QED) is 0.724. The number of rotatable bonds is 1. The van der Waals surface area contributed by atoms with E-state index in [0.717, 1.165) is 5.39 Å². The van der Waals surface area contributed by atoms with E-state index in [9.17, 15) is 5.11 Å². The van der Waals surface area contributed by atoms with Crippen LogP contribution in [0.1, 0.15) is 43.4 Å². The number of halogens is 1. The van der Waals surface area contributed by atoms with E-state index in [1.807, 2.05) is 18.2 Å². The smallest absolute Gasteiger partial charge is 0.123 e. The van der Waals surface area contributed by atoms with Gasteiger partial charge in [-0.3, -0.25) is 0 Å². The van der Waals surface area contributed by atoms with Crippen molar-refractivity contribution in [3.05, 3.63) is 41.0 Å². The highest BCUT2D eigenvalue weighted by molar-refractivity contribution is 6.18. The van der Waals surface area contributed by atoms with Crippen LogP contribution < -0.4 is 0 Å². The minimum Gasteiger partial charge on any atom is -0.507 e. The second-order valence-corrected chi connectivity index (χ2v) is 6.93. The van der Waals surface area contributed by atoms with E-state index in [1.54, 1.807) is 0 Å². The number of phenols is 1. The first kappa shape index (κ1) is 13.8. The maximum atomic E-state index is 10.4. The van der Waals surface area contributed by atoms with Gasteiger partial charge in [0.2, 0.25) is 0 Å². The van der Waals surface area contributed by atoms with Crippen molar-refractivity contribution in [2.45, 2.75) is 39.0 Å². The van der Waals surface area contributed by atoms with Gasteiger partial charge in [0.25, 0.3) is 0 Å². The summed E-state index contributed by atoms with van der Waals surface area (Å²) < 4.78 is 0. The lowest BCUT2D eigenvalue weighted by molar-refractivity contribution is 0.343. The Labute approximate surface area is 125 Å². The second-order valence-electron chi connectivity index (χ2n) is 6.63. The Kier molecular flexibility index (Phi) is 3.02. The fourth-order valence-corrected chi connectivity index (χ4v) is 4.21. The highest BCUT2D eigenvalue weighted by Gasteiger charge is 2.44. The van der Waals surface area contributed by atoms with Crippen molar-refractivity contribution in [3.63, 3.8) is 0 Å². The molecule has 0 aliphatic heterocycles. The highest BCUT2D eigenvalue weighted by atomic mass is 35.5. The van der Waals surface area contributed by atoms with Crippen molar-refractivity contribution in [2.75, 3.05) is 5.88 Å². The van der Waals surface area contributed by atoms with E-state index in [0.29, 0.717) is 23.5 Å². The predicted octanol–water partition coefficient (Wildman–Crippen LogP) is 5.10. The number of aryl methyl sites for hydroxylation is 1. The summed E-state index contributed by atoms with van der Waals surface area (Å²) in [5.74, 6) is 1.84. The normalized spacial score (nSPS) is 24.1. The molecule has 2 atom stereocenters. The lowest BCUT2D eigenvalue weighted by Gasteiger charge is -2.27. The van der Waals surface area contributed by atoms with Crippen LogP contribution in [0, 0.1) is 12.8 Å². The fraction of sp³-hybridized carbons (Fsp3) is 0.444. The number of benzene rings is 2. The Bertz CT molecular complexity index is 687. The molecule has 2 unspecified atom stereocenters. The van der Waals surface area contributed by atoms with Gasteiger partial charge in [-0.15, -0.1) is 11.6 Å². The molecule has 0 aromatic heterocycles. The maximum Gasteiger partial charge on any atom is 0.123 e. The third-order valence-electron chi connectivity index (χ3n) is 5.36. The van der Waals surface area contributed by atoms with Gasteiger partial charge in [-0.2, -0.15) is 0 Å². The van der Waals surface area contributed by atoms with Crippen LogP contribution in [0.3, 0.4) is 0 Å². The minimum atomic E-state index is 0.0445. The summed E-state index contributed by atoms with van der Waals surface area (Å²) in [6.07, 6.45) is 0. The molecule has 106 valence electrons. The zero-order chi connectivity index (χ0) is 14.7. The standard InChI is InChI=1S/C18H21ClO/c1-10-6-5-7-12-15(20)8-14-17(16(10)12)13(9-19)11(2)18(14,3)4/h5-8,11,13,20H,9H2,1-4H3. The molecule has 20 heavy (non-hydrogen) atoms. The molecule has 0 spiro atoms. The molecule has 1 nitrogen and oxygen atoms in total. The number of hydrogen-bond donors (Lipinski definition) is 1. The summed E-state index contributed by atoms with van der Waals surface area (Å²) in [6.45, 7) is 8.90. The SMILES string of the molecule is Cc1cccc2c(O)cc3c(c12)C(CCl)C(C)C3(C)C. The zero-order valence-electron chi connectivity index (χ0n) is 12.5. The van der Waals surface area contributed by atoms with Crippen LogP contribution in [0.5, 0.6) is 5.75 Å². The first-order valence-corrected chi connectivity index (χ1v) is 7.74. The molecule has 2 aromatic carbocycles. The summed E-state index contributed by atoms with van der Waals surface area (Å²) in [7, 11) is 0. The lowest BCUT2D eigenvalue weighted by atomic mass is 9.77. The topological polar surface area (TPSA) is 20.2 Å². The molecule has 0 bridgehead atoms. The monoisotopic (exact) mass is 288 g/mol. The molecular formula is C18H21ClO. The molecule has 1 N–H and O–H groups in total. The van der Waals surface area contributed by atoms with E-state index in [4.69, 9.17) is 11.6 Å². The summed E-state index contributed by atoms with van der Waals surface area (Å²) in [5.41, 5.74) is 3.87. The Morgan fingerprint density at radius 1 is 1.30 bits per heavy atom. The Balaban J connectivity index is 2.48. The largest absolute Gasteiger partial charge is 0.507 e. The van der Waals surface area contributed by atoms with Gasteiger partial charge in [-0.25, -0.2) is 0 Å². The Hall–Kier alpha value is -1.21.